The summed E-state index contributed by atoms with van der Waals surface area (Å²) in [7, 11) is 0. The van der Waals surface area contributed by atoms with Crippen LogP contribution in [0.25, 0.3) is 28.2 Å². The van der Waals surface area contributed by atoms with Crippen molar-refractivity contribution in [3.05, 3.63) is 72.7 Å². The topological polar surface area (TPSA) is 43.1 Å². The Labute approximate surface area is 139 Å². The summed E-state index contributed by atoms with van der Waals surface area (Å²) in [6.07, 6.45) is 8.15. The van der Waals surface area contributed by atoms with Crippen molar-refractivity contribution < 1.29 is 0 Å². The molecule has 3 heterocycles. The Bertz CT molecular complexity index is 1030. The Morgan fingerprint density at radius 3 is 2.83 bits per heavy atom. The molecule has 0 saturated heterocycles. The molecule has 1 aliphatic rings. The van der Waals surface area contributed by atoms with Crippen molar-refractivity contribution in [1.82, 2.24) is 19.6 Å². The summed E-state index contributed by atoms with van der Waals surface area (Å²) < 4.78 is 1.77. The van der Waals surface area contributed by atoms with Gasteiger partial charge in [-0.2, -0.15) is 5.10 Å². The van der Waals surface area contributed by atoms with E-state index in [2.05, 4.69) is 40.4 Å². The maximum Gasteiger partial charge on any atom is 0.155 e. The van der Waals surface area contributed by atoms with Crippen molar-refractivity contribution in [3.8, 4) is 22.5 Å². The molecule has 0 atom stereocenters. The van der Waals surface area contributed by atoms with Crippen LogP contribution in [0, 0.1) is 0 Å². The largest absolute Gasteiger partial charge is 0.256 e. The average Bonchev–Trinajstić information content (AvgIpc) is 3.39. The van der Waals surface area contributed by atoms with Gasteiger partial charge in [-0.05, 0) is 48.6 Å². The smallest absolute Gasteiger partial charge is 0.155 e. The monoisotopic (exact) mass is 312 g/mol. The van der Waals surface area contributed by atoms with E-state index in [1.54, 1.807) is 10.7 Å². The van der Waals surface area contributed by atoms with Gasteiger partial charge in [-0.1, -0.05) is 18.2 Å². The number of benzene rings is 1. The number of hydrogen-bond acceptors (Lipinski definition) is 3. The molecule has 4 heteroatoms. The van der Waals surface area contributed by atoms with Crippen LogP contribution in [0.3, 0.4) is 0 Å². The highest BCUT2D eigenvalue weighted by Crippen LogP contribution is 2.41. The van der Waals surface area contributed by atoms with Gasteiger partial charge in [0.1, 0.15) is 0 Å². The molecular formula is C20H16N4. The highest BCUT2D eigenvalue weighted by atomic mass is 15.2. The van der Waals surface area contributed by atoms with E-state index in [4.69, 9.17) is 4.98 Å². The van der Waals surface area contributed by atoms with E-state index in [1.165, 1.54) is 18.4 Å². The van der Waals surface area contributed by atoms with Gasteiger partial charge < -0.3 is 0 Å². The van der Waals surface area contributed by atoms with Crippen LogP contribution in [0.5, 0.6) is 0 Å². The highest BCUT2D eigenvalue weighted by Gasteiger charge is 2.23. The molecule has 4 nitrogen and oxygen atoms in total. The minimum absolute atomic E-state index is 0.735. The van der Waals surface area contributed by atoms with Crippen LogP contribution in [0.15, 0.2) is 67.1 Å². The molecular weight excluding hydrogens is 296 g/mol. The first kappa shape index (κ1) is 13.4. The van der Waals surface area contributed by atoms with E-state index < -0.39 is 0 Å². The average molecular weight is 312 g/mol. The summed E-state index contributed by atoms with van der Waals surface area (Å²) in [5, 5.41) is 4.21. The Kier molecular flexibility index (Phi) is 2.95. The first-order chi connectivity index (χ1) is 11.9. The molecule has 24 heavy (non-hydrogen) atoms. The fourth-order valence-corrected chi connectivity index (χ4v) is 3.16. The molecule has 3 aromatic heterocycles. The van der Waals surface area contributed by atoms with E-state index in [0.29, 0.717) is 0 Å². The number of rotatable bonds is 3. The summed E-state index contributed by atoms with van der Waals surface area (Å²) in [5.41, 5.74) is 6.37. The second kappa shape index (κ2) is 5.27. The van der Waals surface area contributed by atoms with E-state index in [0.717, 1.165) is 34.1 Å². The second-order valence-corrected chi connectivity index (χ2v) is 6.25. The molecule has 1 fully saturated rings. The van der Waals surface area contributed by atoms with Crippen LogP contribution >= 0.6 is 0 Å². The molecule has 1 aromatic carbocycles. The molecule has 0 radical (unpaired) electrons. The van der Waals surface area contributed by atoms with Gasteiger partial charge in [0.05, 0.1) is 17.6 Å². The third-order valence-corrected chi connectivity index (χ3v) is 4.55. The molecule has 0 amide bonds. The van der Waals surface area contributed by atoms with Gasteiger partial charge in [0.2, 0.25) is 0 Å². The minimum Gasteiger partial charge on any atom is -0.256 e. The Morgan fingerprint density at radius 2 is 1.92 bits per heavy atom. The molecule has 1 aliphatic carbocycles. The maximum absolute atomic E-state index is 4.72. The predicted molar refractivity (Wildman–Crippen MR) is 93.6 cm³/mol. The summed E-state index contributed by atoms with van der Waals surface area (Å²) in [4.78, 5) is 9.37. The van der Waals surface area contributed by atoms with Crippen LogP contribution in [0.1, 0.15) is 24.3 Å². The zero-order valence-corrected chi connectivity index (χ0v) is 13.1. The molecule has 0 spiro atoms. The van der Waals surface area contributed by atoms with Gasteiger partial charge in [-0.3, -0.25) is 4.98 Å². The van der Waals surface area contributed by atoms with Gasteiger partial charge in [0, 0.05) is 29.6 Å². The zero-order valence-electron chi connectivity index (χ0n) is 13.1. The number of nitrogens with zero attached hydrogens (tertiary/aromatic N) is 4. The van der Waals surface area contributed by atoms with Crippen molar-refractivity contribution >= 4 is 5.65 Å². The fraction of sp³-hybridized carbons (Fsp3) is 0.150. The summed E-state index contributed by atoms with van der Waals surface area (Å²) in [6, 6.07) is 16.7. The SMILES string of the molecule is c1cc(-c2ncccc2-c2ccn3nccc3n2)cc(C2CC2)c1. The van der Waals surface area contributed by atoms with Crippen LogP contribution in [-0.4, -0.2) is 19.6 Å². The molecule has 0 unspecified atom stereocenters. The lowest BCUT2D eigenvalue weighted by Gasteiger charge is -2.10. The van der Waals surface area contributed by atoms with Gasteiger partial charge in [-0.15, -0.1) is 0 Å². The van der Waals surface area contributed by atoms with Crippen LogP contribution in [0.4, 0.5) is 0 Å². The Balaban J connectivity index is 1.66. The molecule has 5 rings (SSSR count). The first-order valence-electron chi connectivity index (χ1n) is 8.24. The maximum atomic E-state index is 4.72. The van der Waals surface area contributed by atoms with Crippen molar-refractivity contribution in [3.63, 3.8) is 0 Å². The number of aromatic nitrogens is 4. The lowest BCUT2D eigenvalue weighted by Crippen LogP contribution is -1.95. The third kappa shape index (κ3) is 2.27. The summed E-state index contributed by atoms with van der Waals surface area (Å²) in [5.74, 6) is 0.735. The second-order valence-electron chi connectivity index (χ2n) is 6.25. The first-order valence-corrected chi connectivity index (χ1v) is 8.24. The number of pyridine rings is 1. The van der Waals surface area contributed by atoms with Crippen molar-refractivity contribution in [1.29, 1.82) is 0 Å². The quantitative estimate of drug-likeness (QED) is 0.565. The molecule has 0 aliphatic heterocycles. The normalized spacial score (nSPS) is 14.2. The van der Waals surface area contributed by atoms with E-state index >= 15 is 0 Å². The standard InChI is InChI=1S/C20H16N4/c1-3-15(14-6-7-14)13-16(4-1)20-17(5-2-10-21-20)18-9-12-24-19(23-18)8-11-22-24/h1-5,8-14H,6-7H2. The van der Waals surface area contributed by atoms with Gasteiger partial charge >= 0.3 is 0 Å². The molecule has 116 valence electrons. The Morgan fingerprint density at radius 1 is 0.958 bits per heavy atom. The van der Waals surface area contributed by atoms with E-state index in [9.17, 15) is 0 Å². The number of hydrogen-bond donors (Lipinski definition) is 0. The van der Waals surface area contributed by atoms with Crippen molar-refractivity contribution in [2.24, 2.45) is 0 Å². The van der Waals surface area contributed by atoms with E-state index in [-0.39, 0.29) is 0 Å². The van der Waals surface area contributed by atoms with Crippen LogP contribution < -0.4 is 0 Å². The van der Waals surface area contributed by atoms with Crippen LogP contribution in [-0.2, 0) is 0 Å². The Hall–Kier alpha value is -3.01. The molecule has 4 aromatic rings. The summed E-state index contributed by atoms with van der Waals surface area (Å²) >= 11 is 0. The molecule has 1 saturated carbocycles. The van der Waals surface area contributed by atoms with E-state index in [1.807, 2.05) is 30.6 Å². The summed E-state index contributed by atoms with van der Waals surface area (Å²) in [6.45, 7) is 0. The fourth-order valence-electron chi connectivity index (χ4n) is 3.16. The lowest BCUT2D eigenvalue weighted by atomic mass is 10.00. The molecule has 0 N–H and O–H groups in total. The van der Waals surface area contributed by atoms with Crippen molar-refractivity contribution in [2.45, 2.75) is 18.8 Å². The minimum atomic E-state index is 0.735. The zero-order chi connectivity index (χ0) is 15.9. The van der Waals surface area contributed by atoms with Crippen molar-refractivity contribution in [2.75, 3.05) is 0 Å². The predicted octanol–water partition coefficient (Wildman–Crippen LogP) is 4.34. The number of fused-ring (bicyclic) bond motifs is 1. The van der Waals surface area contributed by atoms with Crippen LogP contribution in [0.2, 0.25) is 0 Å². The highest BCUT2D eigenvalue weighted by molar-refractivity contribution is 5.79. The third-order valence-electron chi connectivity index (χ3n) is 4.55. The van der Waals surface area contributed by atoms with Gasteiger partial charge in [-0.25, -0.2) is 9.50 Å². The van der Waals surface area contributed by atoms with Gasteiger partial charge in [0.15, 0.2) is 5.65 Å². The van der Waals surface area contributed by atoms with Gasteiger partial charge in [0.25, 0.3) is 0 Å². The molecule has 0 bridgehead atoms. The lowest BCUT2D eigenvalue weighted by molar-refractivity contribution is 0.941.